The summed E-state index contributed by atoms with van der Waals surface area (Å²) in [5, 5.41) is 0. The van der Waals surface area contributed by atoms with Gasteiger partial charge in [-0.1, -0.05) is 0 Å². The quantitative estimate of drug-likeness (QED) is 0.292. The third-order valence-corrected chi connectivity index (χ3v) is 8.86. The maximum Gasteiger partial charge on any atom is 0.321 e. The summed E-state index contributed by atoms with van der Waals surface area (Å²) in [6.07, 6.45) is 0.689. The third-order valence-electron chi connectivity index (χ3n) is 2.74. The first-order chi connectivity index (χ1) is 11.0. The van der Waals surface area contributed by atoms with Crippen LogP contribution in [0, 0.1) is 0 Å². The van der Waals surface area contributed by atoms with Gasteiger partial charge in [0.15, 0.2) is 0 Å². The molecule has 0 atom stereocenters. The molecule has 0 aromatic heterocycles. The Kier molecular flexibility index (Phi) is 10.6. The van der Waals surface area contributed by atoms with Crippen LogP contribution in [0.4, 0.5) is 0 Å². The van der Waals surface area contributed by atoms with Crippen LogP contribution in [0.3, 0.4) is 0 Å². The second-order valence-corrected chi connectivity index (χ2v) is 14.4. The molecule has 0 fully saturated rings. The van der Waals surface area contributed by atoms with Crippen molar-refractivity contribution in [2.24, 2.45) is 0 Å². The van der Waals surface area contributed by atoms with E-state index >= 15 is 0 Å². The molecule has 0 radical (unpaired) electrons. The highest BCUT2D eigenvalue weighted by Crippen LogP contribution is 2.17. The summed E-state index contributed by atoms with van der Waals surface area (Å²) in [5.41, 5.74) is 0. The molecule has 0 aromatic carbocycles. The van der Waals surface area contributed by atoms with E-state index in [0.717, 1.165) is 0 Å². The van der Waals surface area contributed by atoms with Gasteiger partial charge in [0.2, 0.25) is 8.32 Å². The summed E-state index contributed by atoms with van der Waals surface area (Å²) in [5.74, 6) is -0.862. The fourth-order valence-electron chi connectivity index (χ4n) is 2.20. The molecule has 0 heterocycles. The molecule has 0 saturated heterocycles. The molecule has 0 unspecified atom stereocenters. The van der Waals surface area contributed by atoms with Gasteiger partial charge in [-0.3, -0.25) is 9.59 Å². The number of methoxy groups -OCH3 is 1. The summed E-state index contributed by atoms with van der Waals surface area (Å²) in [6, 6.07) is 0. The number of ether oxygens (including phenoxy) is 3. The minimum Gasteiger partial charge on any atom is -0.469 e. The predicted molar refractivity (Wildman–Crippen MR) is 95.3 cm³/mol. The van der Waals surface area contributed by atoms with Crippen LogP contribution in [0.25, 0.3) is 0 Å². The average Bonchev–Trinajstić information content (AvgIpc) is 2.41. The average molecular weight is 381 g/mol. The zero-order chi connectivity index (χ0) is 18.8. The van der Waals surface area contributed by atoms with Gasteiger partial charge in [0.1, 0.15) is 6.61 Å². The van der Waals surface area contributed by atoms with Gasteiger partial charge < -0.3 is 22.8 Å². The minimum atomic E-state index is -2.16. The first-order valence-electron chi connectivity index (χ1n) is 8.15. The van der Waals surface area contributed by atoms with Gasteiger partial charge in [-0.15, -0.1) is 0 Å². The number of rotatable bonds is 12. The molecule has 0 aliphatic heterocycles. The predicted octanol–water partition coefficient (Wildman–Crippen LogP) is 2.39. The smallest absolute Gasteiger partial charge is 0.321 e. The number of carbonyl (C=O) groups is 2. The molecular formula is C15H32O7Si2. The van der Waals surface area contributed by atoms with Crippen LogP contribution >= 0.6 is 0 Å². The zero-order valence-corrected chi connectivity index (χ0v) is 18.0. The van der Waals surface area contributed by atoms with E-state index in [0.29, 0.717) is 12.8 Å². The van der Waals surface area contributed by atoms with Crippen molar-refractivity contribution in [3.05, 3.63) is 0 Å². The monoisotopic (exact) mass is 380 g/mol. The van der Waals surface area contributed by atoms with Crippen LogP contribution in [0.1, 0.15) is 26.7 Å². The SMILES string of the molecule is COC(=O)CCC(=O)OCCOC[Si](C)(C)O[Si](C)(C)OC(C)C. The Morgan fingerprint density at radius 1 is 0.958 bits per heavy atom. The van der Waals surface area contributed by atoms with Crippen LogP contribution in [0.5, 0.6) is 0 Å². The standard InChI is InChI=1S/C15H32O7Si2/c1-13(2)21-24(6,7)22-23(4,5)12-19-10-11-20-15(17)9-8-14(16)18-3/h13H,8-12H2,1-7H3. The largest absolute Gasteiger partial charge is 0.469 e. The van der Waals surface area contributed by atoms with Crippen molar-refractivity contribution in [1.82, 2.24) is 0 Å². The van der Waals surface area contributed by atoms with Crippen LogP contribution in [0.2, 0.25) is 26.2 Å². The minimum absolute atomic E-state index is 0.0162. The van der Waals surface area contributed by atoms with Crippen molar-refractivity contribution < 1.29 is 32.3 Å². The maximum absolute atomic E-state index is 11.4. The summed E-state index contributed by atoms with van der Waals surface area (Å²) >= 11 is 0. The van der Waals surface area contributed by atoms with E-state index in [1.807, 2.05) is 26.9 Å². The number of hydrogen-bond acceptors (Lipinski definition) is 7. The summed E-state index contributed by atoms with van der Waals surface area (Å²) in [4.78, 5) is 22.3. The lowest BCUT2D eigenvalue weighted by molar-refractivity contribution is -0.149. The van der Waals surface area contributed by atoms with Gasteiger partial charge in [0.25, 0.3) is 0 Å². The molecule has 142 valence electrons. The van der Waals surface area contributed by atoms with Crippen LogP contribution in [0.15, 0.2) is 0 Å². The molecule has 0 bridgehead atoms. The van der Waals surface area contributed by atoms with Crippen molar-refractivity contribution in [2.75, 3.05) is 26.6 Å². The van der Waals surface area contributed by atoms with Gasteiger partial charge in [0, 0.05) is 6.10 Å². The number of carbonyl (C=O) groups excluding carboxylic acids is 2. The Hall–Kier alpha value is -0.746. The van der Waals surface area contributed by atoms with Crippen molar-refractivity contribution in [1.29, 1.82) is 0 Å². The molecule has 0 aliphatic rings. The highest BCUT2D eigenvalue weighted by Gasteiger charge is 2.35. The van der Waals surface area contributed by atoms with Crippen molar-refractivity contribution in [3.8, 4) is 0 Å². The second kappa shape index (κ2) is 11.0. The van der Waals surface area contributed by atoms with Crippen molar-refractivity contribution >= 4 is 28.8 Å². The first kappa shape index (κ1) is 23.3. The van der Waals surface area contributed by atoms with Crippen LogP contribution in [-0.4, -0.2) is 61.5 Å². The number of hydrogen-bond donors (Lipinski definition) is 0. The normalized spacial score (nSPS) is 12.3. The topological polar surface area (TPSA) is 80.3 Å². The molecule has 0 N–H and O–H groups in total. The van der Waals surface area contributed by atoms with E-state index < -0.39 is 28.8 Å². The summed E-state index contributed by atoms with van der Waals surface area (Å²) in [7, 11) is -2.88. The summed E-state index contributed by atoms with van der Waals surface area (Å²) in [6.45, 7) is 12.7. The lowest BCUT2D eigenvalue weighted by Crippen LogP contribution is -2.50. The third kappa shape index (κ3) is 12.6. The molecule has 0 spiro atoms. The maximum atomic E-state index is 11.4. The summed E-state index contributed by atoms with van der Waals surface area (Å²) < 4.78 is 27.1. The van der Waals surface area contributed by atoms with Gasteiger partial charge >= 0.3 is 20.5 Å². The molecule has 0 saturated carbocycles. The molecule has 0 amide bonds. The van der Waals surface area contributed by atoms with E-state index in [1.54, 1.807) is 0 Å². The molecule has 0 aliphatic carbocycles. The second-order valence-electron chi connectivity index (χ2n) is 6.78. The zero-order valence-electron chi connectivity index (χ0n) is 16.0. The van der Waals surface area contributed by atoms with E-state index in [4.69, 9.17) is 18.0 Å². The Labute approximate surface area is 147 Å². The Balaban J connectivity index is 3.93. The molecule has 0 aromatic rings. The van der Waals surface area contributed by atoms with E-state index in [9.17, 15) is 9.59 Å². The lowest BCUT2D eigenvalue weighted by Gasteiger charge is -2.34. The lowest BCUT2D eigenvalue weighted by atomic mass is 10.3. The van der Waals surface area contributed by atoms with Crippen LogP contribution in [-0.2, 0) is 32.3 Å². The Morgan fingerprint density at radius 2 is 1.54 bits per heavy atom. The molecule has 24 heavy (non-hydrogen) atoms. The fourth-order valence-corrected chi connectivity index (χ4v) is 9.72. The Morgan fingerprint density at radius 3 is 2.08 bits per heavy atom. The van der Waals surface area contributed by atoms with Gasteiger partial charge in [-0.2, -0.15) is 0 Å². The van der Waals surface area contributed by atoms with E-state index in [2.05, 4.69) is 17.8 Å². The molecule has 0 rings (SSSR count). The van der Waals surface area contributed by atoms with Crippen molar-refractivity contribution in [3.63, 3.8) is 0 Å². The highest BCUT2D eigenvalue weighted by atomic mass is 28.4. The van der Waals surface area contributed by atoms with Crippen LogP contribution < -0.4 is 0 Å². The van der Waals surface area contributed by atoms with Gasteiger partial charge in [-0.25, -0.2) is 0 Å². The molecule has 9 heteroatoms. The van der Waals surface area contributed by atoms with Gasteiger partial charge in [-0.05, 0) is 40.0 Å². The van der Waals surface area contributed by atoms with E-state index in [1.165, 1.54) is 7.11 Å². The van der Waals surface area contributed by atoms with Gasteiger partial charge in [0.05, 0.1) is 32.8 Å². The first-order valence-corrected chi connectivity index (χ1v) is 14.1. The molecule has 7 nitrogen and oxygen atoms in total. The highest BCUT2D eigenvalue weighted by molar-refractivity contribution is 6.82. The molecular weight excluding hydrogens is 348 g/mol. The Bertz CT molecular complexity index is 397. The fraction of sp³-hybridized carbons (Fsp3) is 0.867. The van der Waals surface area contributed by atoms with E-state index in [-0.39, 0.29) is 25.6 Å². The van der Waals surface area contributed by atoms with Crippen molar-refractivity contribution in [2.45, 2.75) is 59.0 Å². The number of esters is 2.